The summed E-state index contributed by atoms with van der Waals surface area (Å²) in [5, 5.41) is 5.23. The van der Waals surface area contributed by atoms with Crippen LogP contribution in [0.15, 0.2) is 36.0 Å². The summed E-state index contributed by atoms with van der Waals surface area (Å²) in [6.45, 7) is 4.18. The van der Waals surface area contributed by atoms with E-state index in [1.807, 2.05) is 13.8 Å². The molecule has 0 fully saturated rings. The maximum Gasteiger partial charge on any atom is 0.318 e. The van der Waals surface area contributed by atoms with Crippen molar-refractivity contribution < 1.29 is 9.18 Å². The second kappa shape index (κ2) is 6.68. The minimum Gasteiger partial charge on any atom is -0.338 e. The third kappa shape index (κ3) is 5.15. The Morgan fingerprint density at radius 3 is 2.71 bits per heavy atom. The number of carbonyl (C=O) groups excluding carboxylic acids is 1. The Bertz CT molecular complexity index is 412. The first-order valence-corrected chi connectivity index (χ1v) is 5.50. The molecule has 0 aromatic heterocycles. The fourth-order valence-electron chi connectivity index (χ4n) is 1.27. The number of halogens is 1. The van der Waals surface area contributed by atoms with E-state index in [1.54, 1.807) is 24.4 Å². The van der Waals surface area contributed by atoms with Crippen LogP contribution in [0.3, 0.4) is 0 Å². The van der Waals surface area contributed by atoms with E-state index < -0.39 is 0 Å². The first kappa shape index (κ1) is 13.2. The van der Waals surface area contributed by atoms with Crippen LogP contribution in [0.25, 0.3) is 0 Å². The SMILES string of the molecule is CC(C)=CNC(=O)NCCc1ccccc1F. The Morgan fingerprint density at radius 2 is 2.06 bits per heavy atom. The zero-order valence-electron chi connectivity index (χ0n) is 10.1. The lowest BCUT2D eigenvalue weighted by molar-refractivity contribution is 0.244. The minimum absolute atomic E-state index is 0.237. The molecular formula is C13H17FN2O. The van der Waals surface area contributed by atoms with E-state index in [0.29, 0.717) is 18.5 Å². The average Bonchev–Trinajstić information content (AvgIpc) is 2.29. The monoisotopic (exact) mass is 236 g/mol. The normalized spacial score (nSPS) is 9.59. The molecule has 17 heavy (non-hydrogen) atoms. The van der Waals surface area contributed by atoms with Gasteiger partial charge in [-0.2, -0.15) is 0 Å². The Morgan fingerprint density at radius 1 is 1.35 bits per heavy atom. The molecular weight excluding hydrogens is 219 g/mol. The van der Waals surface area contributed by atoms with Crippen molar-refractivity contribution in [1.29, 1.82) is 0 Å². The molecule has 2 amide bonds. The number of allylic oxidation sites excluding steroid dienone is 1. The molecule has 0 heterocycles. The summed E-state index contributed by atoms with van der Waals surface area (Å²) in [4.78, 5) is 11.3. The van der Waals surface area contributed by atoms with E-state index in [0.717, 1.165) is 5.57 Å². The average molecular weight is 236 g/mol. The number of carbonyl (C=O) groups is 1. The summed E-state index contributed by atoms with van der Waals surface area (Å²) in [6, 6.07) is 6.28. The van der Waals surface area contributed by atoms with Crippen LogP contribution in [0, 0.1) is 5.82 Å². The maximum absolute atomic E-state index is 13.2. The molecule has 1 aromatic rings. The fourth-order valence-corrected chi connectivity index (χ4v) is 1.27. The Balaban J connectivity index is 2.31. The van der Waals surface area contributed by atoms with Gasteiger partial charge in [-0.1, -0.05) is 23.8 Å². The molecule has 0 bridgehead atoms. The van der Waals surface area contributed by atoms with Crippen molar-refractivity contribution >= 4 is 6.03 Å². The van der Waals surface area contributed by atoms with Crippen LogP contribution >= 0.6 is 0 Å². The molecule has 0 aliphatic heterocycles. The van der Waals surface area contributed by atoms with Crippen molar-refractivity contribution in [2.75, 3.05) is 6.54 Å². The number of nitrogens with one attached hydrogen (secondary N) is 2. The molecule has 0 spiro atoms. The van der Waals surface area contributed by atoms with Crippen molar-refractivity contribution in [3.05, 3.63) is 47.4 Å². The van der Waals surface area contributed by atoms with Crippen molar-refractivity contribution in [2.45, 2.75) is 20.3 Å². The molecule has 0 atom stereocenters. The Labute approximate surface area is 101 Å². The minimum atomic E-state index is -0.275. The second-order valence-corrected chi connectivity index (χ2v) is 3.96. The van der Waals surface area contributed by atoms with Gasteiger partial charge >= 0.3 is 6.03 Å². The van der Waals surface area contributed by atoms with Gasteiger partial charge < -0.3 is 10.6 Å². The predicted octanol–water partition coefficient (Wildman–Crippen LogP) is 2.59. The van der Waals surface area contributed by atoms with Crippen molar-refractivity contribution in [1.82, 2.24) is 10.6 Å². The van der Waals surface area contributed by atoms with E-state index in [4.69, 9.17) is 0 Å². The van der Waals surface area contributed by atoms with Crippen LogP contribution in [-0.2, 0) is 6.42 Å². The highest BCUT2D eigenvalue weighted by Gasteiger charge is 2.01. The van der Waals surface area contributed by atoms with Gasteiger partial charge in [0.1, 0.15) is 5.82 Å². The van der Waals surface area contributed by atoms with Crippen molar-refractivity contribution in [2.24, 2.45) is 0 Å². The van der Waals surface area contributed by atoms with Crippen LogP contribution in [-0.4, -0.2) is 12.6 Å². The van der Waals surface area contributed by atoms with Gasteiger partial charge in [0.2, 0.25) is 0 Å². The topological polar surface area (TPSA) is 41.1 Å². The van der Waals surface area contributed by atoms with Crippen LogP contribution < -0.4 is 10.6 Å². The molecule has 3 nitrogen and oxygen atoms in total. The third-order valence-electron chi connectivity index (χ3n) is 2.13. The molecule has 0 saturated heterocycles. The van der Waals surface area contributed by atoms with Gasteiger partial charge in [0, 0.05) is 12.7 Å². The summed E-state index contributed by atoms with van der Waals surface area (Å²) in [7, 11) is 0. The maximum atomic E-state index is 13.2. The lowest BCUT2D eigenvalue weighted by Crippen LogP contribution is -2.33. The molecule has 1 aromatic carbocycles. The zero-order chi connectivity index (χ0) is 12.7. The summed E-state index contributed by atoms with van der Waals surface area (Å²) in [6.07, 6.45) is 2.10. The van der Waals surface area contributed by atoms with Gasteiger partial charge in [0.25, 0.3) is 0 Å². The third-order valence-corrected chi connectivity index (χ3v) is 2.13. The molecule has 0 saturated carbocycles. The second-order valence-electron chi connectivity index (χ2n) is 3.96. The summed E-state index contributed by atoms with van der Waals surface area (Å²) >= 11 is 0. The van der Waals surface area contributed by atoms with E-state index >= 15 is 0 Å². The van der Waals surface area contributed by atoms with Gasteiger partial charge in [0.05, 0.1) is 0 Å². The quantitative estimate of drug-likeness (QED) is 0.829. The van der Waals surface area contributed by atoms with Crippen LogP contribution in [0.1, 0.15) is 19.4 Å². The molecule has 1 rings (SSSR count). The molecule has 4 heteroatoms. The number of hydrogen-bond acceptors (Lipinski definition) is 1. The Kier molecular flexibility index (Phi) is 5.20. The van der Waals surface area contributed by atoms with Crippen LogP contribution in [0.2, 0.25) is 0 Å². The highest BCUT2D eigenvalue weighted by Crippen LogP contribution is 2.05. The van der Waals surface area contributed by atoms with E-state index in [9.17, 15) is 9.18 Å². The molecule has 2 N–H and O–H groups in total. The highest BCUT2D eigenvalue weighted by atomic mass is 19.1. The first-order chi connectivity index (χ1) is 8.09. The van der Waals surface area contributed by atoms with E-state index in [1.165, 1.54) is 6.07 Å². The van der Waals surface area contributed by atoms with Gasteiger partial charge in [-0.15, -0.1) is 0 Å². The zero-order valence-corrected chi connectivity index (χ0v) is 10.1. The van der Waals surface area contributed by atoms with E-state index in [2.05, 4.69) is 10.6 Å². The molecule has 92 valence electrons. The van der Waals surface area contributed by atoms with E-state index in [-0.39, 0.29) is 11.8 Å². The smallest absolute Gasteiger partial charge is 0.318 e. The lowest BCUT2D eigenvalue weighted by Gasteiger charge is -2.05. The van der Waals surface area contributed by atoms with Crippen molar-refractivity contribution in [3.63, 3.8) is 0 Å². The van der Waals surface area contributed by atoms with Gasteiger partial charge in [-0.3, -0.25) is 0 Å². The lowest BCUT2D eigenvalue weighted by atomic mass is 10.1. The molecule has 0 radical (unpaired) electrons. The first-order valence-electron chi connectivity index (χ1n) is 5.50. The fraction of sp³-hybridized carbons (Fsp3) is 0.308. The van der Waals surface area contributed by atoms with Gasteiger partial charge in [-0.25, -0.2) is 9.18 Å². The number of amides is 2. The summed E-state index contributed by atoms with van der Waals surface area (Å²) in [5.41, 5.74) is 1.62. The van der Waals surface area contributed by atoms with Crippen LogP contribution in [0.4, 0.5) is 9.18 Å². The summed E-state index contributed by atoms with van der Waals surface area (Å²) in [5.74, 6) is -0.237. The van der Waals surface area contributed by atoms with Gasteiger partial charge in [-0.05, 0) is 31.9 Å². The number of rotatable bonds is 4. The van der Waals surface area contributed by atoms with Crippen LogP contribution in [0.5, 0.6) is 0 Å². The van der Waals surface area contributed by atoms with Gasteiger partial charge in [0.15, 0.2) is 0 Å². The predicted molar refractivity (Wildman–Crippen MR) is 66.1 cm³/mol. The largest absolute Gasteiger partial charge is 0.338 e. The number of hydrogen-bond donors (Lipinski definition) is 2. The number of urea groups is 1. The summed E-state index contributed by atoms with van der Waals surface area (Å²) < 4.78 is 13.2. The Hall–Kier alpha value is -1.84. The molecule has 0 aliphatic rings. The molecule has 0 aliphatic carbocycles. The van der Waals surface area contributed by atoms with Crippen molar-refractivity contribution in [3.8, 4) is 0 Å². The highest BCUT2D eigenvalue weighted by molar-refractivity contribution is 5.74. The number of benzene rings is 1. The standard InChI is InChI=1S/C13H17FN2O/c1-10(2)9-16-13(17)15-8-7-11-5-3-4-6-12(11)14/h3-6,9H,7-8H2,1-2H3,(H2,15,16,17). The molecule has 0 unspecified atom stereocenters.